The Morgan fingerprint density at radius 3 is 2.67 bits per heavy atom. The summed E-state index contributed by atoms with van der Waals surface area (Å²) in [5, 5.41) is 9.49. The molecule has 1 aromatic heterocycles. The number of hydrogen-bond acceptors (Lipinski definition) is 4. The minimum Gasteiger partial charge on any atom is -0.340 e. The molecule has 4 rings (SSSR count). The zero-order valence-electron chi connectivity index (χ0n) is 14.7. The summed E-state index contributed by atoms with van der Waals surface area (Å²) >= 11 is 0. The SMILES string of the molecule is N#CC(C(=O)Cc1ccc(N2CCCC2=O)cc1)c1nc2ccccc2[nH]1. The maximum absolute atomic E-state index is 12.7. The summed E-state index contributed by atoms with van der Waals surface area (Å²) in [4.78, 5) is 33.7. The lowest BCUT2D eigenvalue weighted by atomic mass is 9.98. The van der Waals surface area contributed by atoms with E-state index >= 15 is 0 Å². The van der Waals surface area contributed by atoms with Gasteiger partial charge < -0.3 is 9.88 Å². The number of H-pyrrole nitrogens is 1. The average Bonchev–Trinajstić information content (AvgIpc) is 3.29. The number of anilines is 1. The van der Waals surface area contributed by atoms with Crippen LogP contribution < -0.4 is 4.90 Å². The van der Waals surface area contributed by atoms with Crippen molar-refractivity contribution < 1.29 is 9.59 Å². The Morgan fingerprint density at radius 2 is 2.00 bits per heavy atom. The van der Waals surface area contributed by atoms with Crippen LogP contribution in [-0.4, -0.2) is 28.2 Å². The van der Waals surface area contributed by atoms with Crippen LogP contribution >= 0.6 is 0 Å². The van der Waals surface area contributed by atoms with E-state index in [0.717, 1.165) is 35.2 Å². The predicted molar refractivity (Wildman–Crippen MR) is 101 cm³/mol. The molecule has 6 nitrogen and oxygen atoms in total. The molecule has 1 saturated heterocycles. The number of carbonyl (C=O) groups is 2. The number of imidazole rings is 1. The third-order valence-corrected chi connectivity index (χ3v) is 4.83. The molecule has 0 radical (unpaired) electrons. The number of aromatic amines is 1. The van der Waals surface area contributed by atoms with E-state index < -0.39 is 5.92 Å². The van der Waals surface area contributed by atoms with Crippen LogP contribution in [0, 0.1) is 11.3 Å². The fraction of sp³-hybridized carbons (Fsp3) is 0.238. The van der Waals surface area contributed by atoms with Crippen molar-refractivity contribution in [3.05, 3.63) is 59.9 Å². The quantitative estimate of drug-likeness (QED) is 0.759. The third kappa shape index (κ3) is 3.32. The normalized spacial score (nSPS) is 15.1. The molecule has 0 aliphatic carbocycles. The zero-order chi connectivity index (χ0) is 18.8. The first kappa shape index (κ1) is 17.0. The lowest BCUT2D eigenvalue weighted by Gasteiger charge is -2.16. The molecule has 3 aromatic rings. The molecule has 6 heteroatoms. The number of rotatable bonds is 5. The van der Waals surface area contributed by atoms with Crippen LogP contribution in [0.3, 0.4) is 0 Å². The maximum atomic E-state index is 12.7. The third-order valence-electron chi connectivity index (χ3n) is 4.83. The van der Waals surface area contributed by atoms with Gasteiger partial charge >= 0.3 is 0 Å². The van der Waals surface area contributed by atoms with Crippen molar-refractivity contribution in [2.75, 3.05) is 11.4 Å². The average molecular weight is 358 g/mol. The molecule has 1 unspecified atom stereocenters. The number of fused-ring (bicyclic) bond motifs is 1. The van der Waals surface area contributed by atoms with E-state index in [4.69, 9.17) is 0 Å². The van der Waals surface area contributed by atoms with Crippen LogP contribution in [0.1, 0.15) is 30.1 Å². The summed E-state index contributed by atoms with van der Waals surface area (Å²) < 4.78 is 0. The topological polar surface area (TPSA) is 89.8 Å². The fourth-order valence-corrected chi connectivity index (χ4v) is 3.41. The Labute approximate surface area is 156 Å². The van der Waals surface area contributed by atoms with Crippen molar-refractivity contribution in [2.45, 2.75) is 25.2 Å². The smallest absolute Gasteiger partial charge is 0.227 e. The number of carbonyl (C=O) groups excluding carboxylic acids is 2. The van der Waals surface area contributed by atoms with Crippen LogP contribution in [0.15, 0.2) is 48.5 Å². The first-order valence-corrected chi connectivity index (χ1v) is 8.92. The van der Waals surface area contributed by atoms with E-state index in [1.165, 1.54) is 0 Å². The molecule has 1 aliphatic heterocycles. The molecule has 1 atom stereocenters. The van der Waals surface area contributed by atoms with Crippen LogP contribution in [0.2, 0.25) is 0 Å². The van der Waals surface area contributed by atoms with Crippen LogP contribution in [-0.2, 0) is 16.0 Å². The van der Waals surface area contributed by atoms with Gasteiger partial charge in [0.05, 0.1) is 17.1 Å². The van der Waals surface area contributed by atoms with Gasteiger partial charge in [0.1, 0.15) is 5.82 Å². The van der Waals surface area contributed by atoms with Crippen molar-refractivity contribution in [1.29, 1.82) is 5.26 Å². The summed E-state index contributed by atoms with van der Waals surface area (Å²) in [7, 11) is 0. The highest BCUT2D eigenvalue weighted by Crippen LogP contribution is 2.23. The van der Waals surface area contributed by atoms with Gasteiger partial charge in [0.25, 0.3) is 0 Å². The van der Waals surface area contributed by atoms with Crippen molar-refractivity contribution >= 4 is 28.4 Å². The molecule has 0 bridgehead atoms. The first-order valence-electron chi connectivity index (χ1n) is 8.92. The van der Waals surface area contributed by atoms with E-state index in [-0.39, 0.29) is 18.1 Å². The molecule has 27 heavy (non-hydrogen) atoms. The van der Waals surface area contributed by atoms with E-state index in [1.54, 1.807) is 4.90 Å². The number of ketones is 1. The van der Waals surface area contributed by atoms with Gasteiger partial charge in [-0.1, -0.05) is 24.3 Å². The van der Waals surface area contributed by atoms with E-state index in [2.05, 4.69) is 16.0 Å². The molecule has 0 saturated carbocycles. The summed E-state index contributed by atoms with van der Waals surface area (Å²) in [5.41, 5.74) is 3.20. The molecule has 0 spiro atoms. The lowest BCUT2D eigenvalue weighted by Crippen LogP contribution is -2.23. The van der Waals surface area contributed by atoms with E-state index in [0.29, 0.717) is 12.2 Å². The Hall–Kier alpha value is -3.46. The molecular formula is C21H18N4O2. The molecule has 2 heterocycles. The number of aromatic nitrogens is 2. The molecule has 1 aliphatic rings. The monoisotopic (exact) mass is 358 g/mol. The zero-order valence-corrected chi connectivity index (χ0v) is 14.7. The molecule has 1 N–H and O–H groups in total. The Bertz CT molecular complexity index is 1010. The van der Waals surface area contributed by atoms with Gasteiger partial charge in [-0.2, -0.15) is 5.26 Å². The number of benzene rings is 2. The van der Waals surface area contributed by atoms with Gasteiger partial charge in [-0.3, -0.25) is 9.59 Å². The van der Waals surface area contributed by atoms with E-state index in [1.807, 2.05) is 48.5 Å². The van der Waals surface area contributed by atoms with Crippen LogP contribution in [0.25, 0.3) is 11.0 Å². The molecular weight excluding hydrogens is 340 g/mol. The summed E-state index contributed by atoms with van der Waals surface area (Å²) in [5.74, 6) is -0.630. The highest BCUT2D eigenvalue weighted by atomic mass is 16.2. The highest BCUT2D eigenvalue weighted by Gasteiger charge is 2.24. The van der Waals surface area contributed by atoms with Gasteiger partial charge in [0.15, 0.2) is 11.7 Å². The van der Waals surface area contributed by atoms with Crippen LogP contribution in [0.5, 0.6) is 0 Å². The number of amides is 1. The number of nitrogens with zero attached hydrogens (tertiary/aromatic N) is 3. The van der Waals surface area contributed by atoms with E-state index in [9.17, 15) is 14.9 Å². The van der Waals surface area contributed by atoms with Crippen molar-refractivity contribution in [3.8, 4) is 6.07 Å². The second-order valence-corrected chi connectivity index (χ2v) is 6.66. The molecule has 2 aromatic carbocycles. The number of para-hydroxylation sites is 2. The first-order chi connectivity index (χ1) is 13.2. The van der Waals surface area contributed by atoms with Crippen molar-refractivity contribution in [2.24, 2.45) is 0 Å². The standard InChI is InChI=1S/C21H18N4O2/c22-13-16(21-23-17-4-1-2-5-18(17)24-21)19(26)12-14-7-9-15(10-8-14)25-11-3-6-20(25)27/h1-2,4-5,7-10,16H,3,6,11-12H2,(H,23,24). The van der Waals surface area contributed by atoms with Gasteiger partial charge in [0, 0.05) is 25.1 Å². The molecule has 1 amide bonds. The second-order valence-electron chi connectivity index (χ2n) is 6.66. The number of hydrogen-bond donors (Lipinski definition) is 1. The summed E-state index contributed by atoms with van der Waals surface area (Å²) in [6.45, 7) is 0.736. The Kier molecular flexibility index (Phi) is 4.43. The van der Waals surface area contributed by atoms with Gasteiger partial charge in [-0.15, -0.1) is 0 Å². The minimum atomic E-state index is -0.933. The van der Waals surface area contributed by atoms with Gasteiger partial charge in [-0.05, 0) is 36.2 Å². The fourth-order valence-electron chi connectivity index (χ4n) is 3.41. The van der Waals surface area contributed by atoms with Crippen molar-refractivity contribution in [1.82, 2.24) is 9.97 Å². The highest BCUT2D eigenvalue weighted by molar-refractivity contribution is 5.95. The van der Waals surface area contributed by atoms with Gasteiger partial charge in [0.2, 0.25) is 5.91 Å². The van der Waals surface area contributed by atoms with Crippen molar-refractivity contribution in [3.63, 3.8) is 0 Å². The predicted octanol–water partition coefficient (Wildman–Crippen LogP) is 3.11. The minimum absolute atomic E-state index is 0.133. The van der Waals surface area contributed by atoms with Crippen LogP contribution in [0.4, 0.5) is 5.69 Å². The Balaban J connectivity index is 1.50. The number of nitriles is 1. The number of Topliss-reactive ketones (excluding diaryl/α,β-unsaturated/α-hetero) is 1. The lowest BCUT2D eigenvalue weighted by molar-refractivity contribution is -0.119. The molecule has 134 valence electrons. The summed E-state index contributed by atoms with van der Waals surface area (Å²) in [6, 6.07) is 16.9. The molecule has 1 fully saturated rings. The Morgan fingerprint density at radius 1 is 1.22 bits per heavy atom. The summed E-state index contributed by atoms with van der Waals surface area (Å²) in [6.07, 6.45) is 1.60. The second kappa shape index (κ2) is 7.04. The number of nitrogens with one attached hydrogen (secondary N) is 1. The van der Waals surface area contributed by atoms with Gasteiger partial charge in [-0.25, -0.2) is 4.98 Å². The maximum Gasteiger partial charge on any atom is 0.227 e. The largest absolute Gasteiger partial charge is 0.340 e.